The molecule has 0 heterocycles. The SMILES string of the molecule is CCC(CCN)CCCN(C)C(C)c1cccc(Cl)c1. The predicted molar refractivity (Wildman–Crippen MR) is 89.2 cm³/mol. The Hall–Kier alpha value is -0.570. The summed E-state index contributed by atoms with van der Waals surface area (Å²) in [4.78, 5) is 2.40. The van der Waals surface area contributed by atoms with Crippen LogP contribution in [-0.2, 0) is 0 Å². The molecule has 0 aliphatic rings. The van der Waals surface area contributed by atoms with Crippen LogP contribution in [0.25, 0.3) is 0 Å². The molecule has 20 heavy (non-hydrogen) atoms. The van der Waals surface area contributed by atoms with E-state index in [1.807, 2.05) is 12.1 Å². The van der Waals surface area contributed by atoms with Gasteiger partial charge in [0.2, 0.25) is 0 Å². The quantitative estimate of drug-likeness (QED) is 0.727. The Morgan fingerprint density at radius 2 is 2.05 bits per heavy atom. The lowest BCUT2D eigenvalue weighted by atomic mass is 9.96. The van der Waals surface area contributed by atoms with E-state index in [0.717, 1.165) is 30.5 Å². The molecule has 1 rings (SSSR count). The van der Waals surface area contributed by atoms with Crippen molar-refractivity contribution in [2.75, 3.05) is 20.1 Å². The van der Waals surface area contributed by atoms with Gasteiger partial charge in [0.1, 0.15) is 0 Å². The summed E-state index contributed by atoms with van der Waals surface area (Å²) in [5.41, 5.74) is 6.94. The molecule has 3 heteroatoms. The second kappa shape index (κ2) is 9.38. The average Bonchev–Trinajstić information content (AvgIpc) is 2.45. The Bertz CT molecular complexity index is 381. The molecular formula is C17H29ClN2. The van der Waals surface area contributed by atoms with Crippen LogP contribution in [0.1, 0.15) is 51.1 Å². The lowest BCUT2D eigenvalue weighted by Gasteiger charge is -2.26. The third-order valence-corrected chi connectivity index (χ3v) is 4.50. The van der Waals surface area contributed by atoms with Crippen LogP contribution in [0.5, 0.6) is 0 Å². The fourth-order valence-corrected chi connectivity index (χ4v) is 2.83. The van der Waals surface area contributed by atoms with Crippen LogP contribution in [0.15, 0.2) is 24.3 Å². The molecule has 0 aliphatic heterocycles. The lowest BCUT2D eigenvalue weighted by molar-refractivity contribution is 0.247. The van der Waals surface area contributed by atoms with Crippen molar-refractivity contribution < 1.29 is 0 Å². The molecular weight excluding hydrogens is 268 g/mol. The summed E-state index contributed by atoms with van der Waals surface area (Å²) in [6, 6.07) is 8.57. The van der Waals surface area contributed by atoms with E-state index in [-0.39, 0.29) is 0 Å². The summed E-state index contributed by atoms with van der Waals surface area (Å²) in [7, 11) is 2.19. The van der Waals surface area contributed by atoms with Gasteiger partial charge in [-0.15, -0.1) is 0 Å². The summed E-state index contributed by atoms with van der Waals surface area (Å²) in [5.74, 6) is 0.787. The van der Waals surface area contributed by atoms with Crippen molar-refractivity contribution >= 4 is 11.6 Å². The van der Waals surface area contributed by atoms with Crippen LogP contribution in [0, 0.1) is 5.92 Å². The molecule has 2 unspecified atom stereocenters. The van der Waals surface area contributed by atoms with Gasteiger partial charge in [-0.2, -0.15) is 0 Å². The highest BCUT2D eigenvalue weighted by atomic mass is 35.5. The predicted octanol–water partition coefficient (Wildman–Crippen LogP) is 4.49. The van der Waals surface area contributed by atoms with Crippen LogP contribution >= 0.6 is 11.6 Å². The molecule has 0 saturated heterocycles. The van der Waals surface area contributed by atoms with Crippen molar-refractivity contribution in [3.63, 3.8) is 0 Å². The van der Waals surface area contributed by atoms with E-state index < -0.39 is 0 Å². The highest BCUT2D eigenvalue weighted by molar-refractivity contribution is 6.30. The van der Waals surface area contributed by atoms with Gasteiger partial charge in [0.15, 0.2) is 0 Å². The summed E-state index contributed by atoms with van der Waals surface area (Å²) in [6.07, 6.45) is 4.91. The number of benzene rings is 1. The topological polar surface area (TPSA) is 29.3 Å². The Morgan fingerprint density at radius 3 is 2.65 bits per heavy atom. The average molecular weight is 297 g/mol. The molecule has 1 aromatic carbocycles. The van der Waals surface area contributed by atoms with Crippen LogP contribution in [0.4, 0.5) is 0 Å². The summed E-state index contributed by atoms with van der Waals surface area (Å²) in [6.45, 7) is 6.43. The third-order valence-electron chi connectivity index (χ3n) is 4.27. The van der Waals surface area contributed by atoms with Gasteiger partial charge in [-0.3, -0.25) is 4.90 Å². The van der Waals surface area contributed by atoms with Gasteiger partial charge in [0, 0.05) is 11.1 Å². The van der Waals surface area contributed by atoms with E-state index in [9.17, 15) is 0 Å². The summed E-state index contributed by atoms with van der Waals surface area (Å²) in [5, 5.41) is 0.816. The zero-order chi connectivity index (χ0) is 15.0. The van der Waals surface area contributed by atoms with E-state index in [2.05, 4.69) is 37.9 Å². The van der Waals surface area contributed by atoms with Crippen molar-refractivity contribution in [3.8, 4) is 0 Å². The molecule has 114 valence electrons. The molecule has 1 aromatic rings. The molecule has 2 atom stereocenters. The van der Waals surface area contributed by atoms with Crippen LogP contribution in [-0.4, -0.2) is 25.0 Å². The van der Waals surface area contributed by atoms with E-state index in [0.29, 0.717) is 6.04 Å². The number of halogens is 1. The van der Waals surface area contributed by atoms with Crippen molar-refractivity contribution in [2.45, 2.75) is 45.6 Å². The minimum absolute atomic E-state index is 0.406. The molecule has 0 bridgehead atoms. The van der Waals surface area contributed by atoms with Gasteiger partial charge in [-0.1, -0.05) is 37.1 Å². The second-order valence-electron chi connectivity index (χ2n) is 5.71. The number of hydrogen-bond donors (Lipinski definition) is 1. The number of nitrogens with two attached hydrogens (primary N) is 1. The normalized spacial score (nSPS) is 14.5. The van der Waals surface area contributed by atoms with Gasteiger partial charge >= 0.3 is 0 Å². The highest BCUT2D eigenvalue weighted by Gasteiger charge is 2.12. The lowest BCUT2D eigenvalue weighted by Crippen LogP contribution is -2.24. The van der Waals surface area contributed by atoms with Crippen LogP contribution in [0.3, 0.4) is 0 Å². The molecule has 0 amide bonds. The summed E-state index contributed by atoms with van der Waals surface area (Å²) >= 11 is 6.06. The largest absolute Gasteiger partial charge is 0.330 e. The molecule has 0 radical (unpaired) electrons. The zero-order valence-corrected chi connectivity index (χ0v) is 13.9. The first kappa shape index (κ1) is 17.5. The fourth-order valence-electron chi connectivity index (χ4n) is 2.63. The first-order valence-electron chi connectivity index (χ1n) is 7.74. The smallest absolute Gasteiger partial charge is 0.0409 e. The van der Waals surface area contributed by atoms with Crippen LogP contribution in [0.2, 0.25) is 5.02 Å². The molecule has 0 aromatic heterocycles. The maximum absolute atomic E-state index is 6.06. The molecule has 0 saturated carbocycles. The minimum Gasteiger partial charge on any atom is -0.330 e. The Labute approximate surface area is 129 Å². The van der Waals surface area contributed by atoms with E-state index in [1.165, 1.54) is 24.8 Å². The zero-order valence-electron chi connectivity index (χ0n) is 13.1. The highest BCUT2D eigenvalue weighted by Crippen LogP contribution is 2.23. The molecule has 0 aliphatic carbocycles. The number of nitrogens with zero attached hydrogens (tertiary/aromatic N) is 1. The maximum Gasteiger partial charge on any atom is 0.0409 e. The Balaban J connectivity index is 2.40. The monoisotopic (exact) mass is 296 g/mol. The second-order valence-corrected chi connectivity index (χ2v) is 6.14. The van der Waals surface area contributed by atoms with Gasteiger partial charge in [-0.05, 0) is 69.9 Å². The standard InChI is InChI=1S/C17H29ClN2/c1-4-15(10-11-19)7-6-12-20(3)14(2)16-8-5-9-17(18)13-16/h5,8-9,13-15H,4,6-7,10-12,19H2,1-3H3. The first-order chi connectivity index (χ1) is 9.58. The van der Waals surface area contributed by atoms with Crippen LogP contribution < -0.4 is 5.73 Å². The van der Waals surface area contributed by atoms with E-state index >= 15 is 0 Å². The Kier molecular flexibility index (Phi) is 8.20. The molecule has 2 N–H and O–H groups in total. The fraction of sp³-hybridized carbons (Fsp3) is 0.647. The number of hydrogen-bond acceptors (Lipinski definition) is 2. The maximum atomic E-state index is 6.06. The van der Waals surface area contributed by atoms with Gasteiger partial charge in [0.05, 0.1) is 0 Å². The van der Waals surface area contributed by atoms with Crippen molar-refractivity contribution in [3.05, 3.63) is 34.9 Å². The van der Waals surface area contributed by atoms with Crippen molar-refractivity contribution in [1.82, 2.24) is 4.90 Å². The number of rotatable bonds is 9. The summed E-state index contributed by atoms with van der Waals surface area (Å²) < 4.78 is 0. The molecule has 0 fully saturated rings. The first-order valence-corrected chi connectivity index (χ1v) is 8.12. The molecule has 0 spiro atoms. The van der Waals surface area contributed by atoms with Gasteiger partial charge in [0.25, 0.3) is 0 Å². The minimum atomic E-state index is 0.406. The Morgan fingerprint density at radius 1 is 1.30 bits per heavy atom. The van der Waals surface area contributed by atoms with Gasteiger partial charge < -0.3 is 5.73 Å². The van der Waals surface area contributed by atoms with Crippen molar-refractivity contribution in [2.24, 2.45) is 11.7 Å². The van der Waals surface area contributed by atoms with Crippen molar-refractivity contribution in [1.29, 1.82) is 0 Å². The third kappa shape index (κ3) is 5.82. The van der Waals surface area contributed by atoms with Gasteiger partial charge in [-0.25, -0.2) is 0 Å². The van der Waals surface area contributed by atoms with E-state index in [1.54, 1.807) is 0 Å². The van der Waals surface area contributed by atoms with E-state index in [4.69, 9.17) is 17.3 Å². The molecule has 2 nitrogen and oxygen atoms in total.